The van der Waals surface area contributed by atoms with Crippen molar-refractivity contribution in [3.63, 3.8) is 0 Å². The van der Waals surface area contributed by atoms with Crippen molar-refractivity contribution < 1.29 is 15.0 Å². The van der Waals surface area contributed by atoms with Crippen molar-refractivity contribution in [3.05, 3.63) is 0 Å². The van der Waals surface area contributed by atoms with Crippen LogP contribution in [0.5, 0.6) is 0 Å². The molecular weight excluding hydrogens is 160 g/mol. The Labute approximate surface area is 65.6 Å². The van der Waals surface area contributed by atoms with E-state index in [1.165, 1.54) is 0 Å². The average molecular weight is 178 g/mol. The third kappa shape index (κ3) is 8.52. The van der Waals surface area contributed by atoms with Crippen LogP contribution in [0.15, 0.2) is 0 Å². The SMILES string of the molecule is C[C](C)(C)[Cu][C](C)(C)C. The van der Waals surface area contributed by atoms with Crippen LogP contribution in [0.4, 0.5) is 0 Å². The Balaban J connectivity index is 3.75. The molecule has 0 spiro atoms. The van der Waals surface area contributed by atoms with Crippen LogP contribution in [0, 0.1) is 0 Å². The standard InChI is InChI=1S/2C4H9.Cu/c2*1-4(2)3;/h2*1-3H3;. The molecule has 0 aromatic heterocycles. The summed E-state index contributed by atoms with van der Waals surface area (Å²) in [5.41, 5.74) is 0. The predicted octanol–water partition coefficient (Wildman–Crippen LogP) is 3.51. The summed E-state index contributed by atoms with van der Waals surface area (Å²) < 4.78 is 0.781. The second-order valence-corrected chi connectivity index (χ2v) is 7.04. The molecule has 0 heterocycles. The average Bonchev–Trinajstić information content (AvgIpc) is 1.14. The molecule has 0 radical (unpaired) electrons. The molecule has 0 aromatic carbocycles. The molecule has 0 fully saturated rings. The molecule has 0 saturated heterocycles. The maximum absolute atomic E-state index is 2.25. The molecule has 0 atom stereocenters. The molecule has 0 unspecified atom stereocenters. The number of hydrogen-bond donors (Lipinski definition) is 0. The van der Waals surface area contributed by atoms with Gasteiger partial charge in [-0.3, -0.25) is 0 Å². The van der Waals surface area contributed by atoms with Crippen molar-refractivity contribution in [2.45, 2.75) is 50.2 Å². The van der Waals surface area contributed by atoms with Gasteiger partial charge in [-0.05, 0) is 0 Å². The van der Waals surface area contributed by atoms with Crippen LogP contribution in [0.1, 0.15) is 41.5 Å². The van der Waals surface area contributed by atoms with Gasteiger partial charge in [0.05, 0.1) is 0 Å². The van der Waals surface area contributed by atoms with Crippen molar-refractivity contribution in [2.75, 3.05) is 0 Å². The van der Waals surface area contributed by atoms with Crippen LogP contribution < -0.4 is 0 Å². The molecule has 9 heavy (non-hydrogen) atoms. The van der Waals surface area contributed by atoms with Crippen LogP contribution in [-0.2, 0) is 15.0 Å². The van der Waals surface area contributed by atoms with Gasteiger partial charge in [0.25, 0.3) is 0 Å². The third-order valence-electron chi connectivity index (χ3n) is 0.452. The zero-order chi connectivity index (χ0) is 7.71. The molecule has 0 N–H and O–H groups in total. The normalized spacial score (nSPS) is 14.4. The van der Waals surface area contributed by atoms with Crippen molar-refractivity contribution in [3.8, 4) is 0 Å². The Morgan fingerprint density at radius 1 is 0.667 bits per heavy atom. The molecule has 61 valence electrons. The fraction of sp³-hybridized carbons (Fsp3) is 1.00. The predicted molar refractivity (Wildman–Crippen MR) is 39.4 cm³/mol. The van der Waals surface area contributed by atoms with Crippen LogP contribution in [0.2, 0.25) is 8.63 Å². The van der Waals surface area contributed by atoms with Gasteiger partial charge in [0.1, 0.15) is 0 Å². The van der Waals surface area contributed by atoms with E-state index in [-0.39, 0.29) is 0 Å². The molecule has 0 aliphatic carbocycles. The first-order valence-electron chi connectivity index (χ1n) is 3.30. The topological polar surface area (TPSA) is 0 Å². The summed E-state index contributed by atoms with van der Waals surface area (Å²) >= 11 is 2.10. The summed E-state index contributed by atoms with van der Waals surface area (Å²) in [5, 5.41) is 0. The zero-order valence-corrected chi connectivity index (χ0v) is 8.24. The fourth-order valence-corrected chi connectivity index (χ4v) is 2.80. The summed E-state index contributed by atoms with van der Waals surface area (Å²) in [6, 6.07) is 0. The second-order valence-electron chi connectivity index (χ2n) is 3.98. The first-order valence-corrected chi connectivity index (χ1v) is 4.24. The van der Waals surface area contributed by atoms with Gasteiger partial charge in [-0.25, -0.2) is 0 Å². The van der Waals surface area contributed by atoms with Gasteiger partial charge in [-0.15, -0.1) is 0 Å². The Bertz CT molecular complexity index is 69.7. The van der Waals surface area contributed by atoms with E-state index in [1.807, 2.05) is 0 Å². The maximum atomic E-state index is 2.25. The molecule has 1 heteroatoms. The summed E-state index contributed by atoms with van der Waals surface area (Å²) in [5.74, 6) is 0. The quantitative estimate of drug-likeness (QED) is 0.497. The second kappa shape index (κ2) is 2.64. The monoisotopic (exact) mass is 177 g/mol. The number of rotatable bonds is 0. The van der Waals surface area contributed by atoms with E-state index < -0.39 is 0 Å². The summed E-state index contributed by atoms with van der Waals surface area (Å²) in [7, 11) is 0. The van der Waals surface area contributed by atoms with Gasteiger partial charge in [0.2, 0.25) is 0 Å². The molecule has 0 saturated carbocycles. The molecule has 0 amide bonds. The van der Waals surface area contributed by atoms with E-state index in [4.69, 9.17) is 0 Å². The van der Waals surface area contributed by atoms with E-state index in [2.05, 4.69) is 56.5 Å². The molecular formula is C8H18Cu. The minimum atomic E-state index is 0.391. The van der Waals surface area contributed by atoms with Gasteiger partial charge >= 0.3 is 65.1 Å². The molecule has 0 aliphatic heterocycles. The molecule has 0 bridgehead atoms. The first kappa shape index (κ1) is 9.52. The molecule has 0 nitrogen and oxygen atoms in total. The van der Waals surface area contributed by atoms with Crippen LogP contribution >= 0.6 is 0 Å². The zero-order valence-electron chi connectivity index (χ0n) is 7.30. The summed E-state index contributed by atoms with van der Waals surface area (Å²) in [6.45, 7) is 13.5. The van der Waals surface area contributed by atoms with Gasteiger partial charge < -0.3 is 0 Å². The minimum absolute atomic E-state index is 0.391. The van der Waals surface area contributed by atoms with Gasteiger partial charge in [0.15, 0.2) is 0 Å². The Morgan fingerprint density at radius 2 is 0.889 bits per heavy atom. The van der Waals surface area contributed by atoms with E-state index >= 15 is 0 Å². The van der Waals surface area contributed by atoms with Crippen molar-refractivity contribution in [1.29, 1.82) is 0 Å². The van der Waals surface area contributed by atoms with Crippen LogP contribution in [-0.4, -0.2) is 0 Å². The summed E-state index contributed by atoms with van der Waals surface area (Å²) in [4.78, 5) is 0. The van der Waals surface area contributed by atoms with E-state index in [9.17, 15) is 0 Å². The van der Waals surface area contributed by atoms with Crippen LogP contribution in [0.25, 0.3) is 0 Å². The third-order valence-corrected chi connectivity index (χ3v) is 1.86. The van der Waals surface area contributed by atoms with E-state index in [0.717, 1.165) is 0 Å². The van der Waals surface area contributed by atoms with Gasteiger partial charge in [-0.1, -0.05) is 0 Å². The first-order chi connectivity index (χ1) is 3.71. The van der Waals surface area contributed by atoms with Crippen molar-refractivity contribution in [2.24, 2.45) is 0 Å². The van der Waals surface area contributed by atoms with E-state index in [0.29, 0.717) is 8.63 Å². The molecule has 0 rings (SSSR count). The molecule has 0 aliphatic rings. The number of hydrogen-bond acceptors (Lipinski definition) is 0. The summed E-state index contributed by atoms with van der Waals surface area (Å²) in [6.07, 6.45) is 0. The molecule has 0 aromatic rings. The van der Waals surface area contributed by atoms with Gasteiger partial charge in [-0.2, -0.15) is 0 Å². The Hall–Kier alpha value is 0.519. The van der Waals surface area contributed by atoms with Crippen LogP contribution in [0.3, 0.4) is 0 Å². The Morgan fingerprint density at radius 3 is 0.889 bits per heavy atom. The Kier molecular flexibility index (Phi) is 2.79. The van der Waals surface area contributed by atoms with Crippen molar-refractivity contribution >= 4 is 0 Å². The van der Waals surface area contributed by atoms with E-state index in [1.54, 1.807) is 0 Å². The van der Waals surface area contributed by atoms with Crippen molar-refractivity contribution in [1.82, 2.24) is 0 Å². The fourth-order valence-electron chi connectivity index (χ4n) is 0.678. The van der Waals surface area contributed by atoms with Gasteiger partial charge in [0, 0.05) is 0 Å².